The molecule has 0 aromatic carbocycles. The monoisotopic (exact) mass is 251 g/mol. The number of aliphatic hydroxyl groups is 1. The van der Waals surface area contributed by atoms with Crippen molar-refractivity contribution < 1.29 is 10.0 Å². The van der Waals surface area contributed by atoms with E-state index < -0.39 is 4.92 Å². The molecule has 1 heterocycles. The van der Waals surface area contributed by atoms with Gasteiger partial charge in [-0.15, -0.1) is 0 Å². The molecule has 98 valence electrons. The van der Waals surface area contributed by atoms with Crippen molar-refractivity contribution in [3.05, 3.63) is 28.6 Å². The molecule has 2 unspecified atom stereocenters. The zero-order chi connectivity index (χ0) is 13.0. The summed E-state index contributed by atoms with van der Waals surface area (Å²) in [5.74, 6) is 0.173. The summed E-state index contributed by atoms with van der Waals surface area (Å²) in [4.78, 5) is 14.1. The molecule has 0 saturated heterocycles. The summed E-state index contributed by atoms with van der Waals surface area (Å²) >= 11 is 0. The summed E-state index contributed by atoms with van der Waals surface area (Å²) < 4.78 is 0. The van der Waals surface area contributed by atoms with Gasteiger partial charge in [-0.05, 0) is 18.9 Å². The lowest BCUT2D eigenvalue weighted by atomic mass is 9.86. The van der Waals surface area contributed by atoms with E-state index in [0.29, 0.717) is 12.2 Å². The molecule has 1 aromatic rings. The highest BCUT2D eigenvalue weighted by molar-refractivity contribution is 5.59. The highest BCUT2D eigenvalue weighted by Crippen LogP contribution is 2.27. The SMILES string of the molecule is O=[N+]([O-])c1cnccc1NCC1CCCCC1O. The minimum atomic E-state index is -0.452. The average molecular weight is 251 g/mol. The molecule has 0 radical (unpaired) electrons. The van der Waals surface area contributed by atoms with Crippen LogP contribution < -0.4 is 5.32 Å². The highest BCUT2D eigenvalue weighted by Gasteiger charge is 2.23. The first kappa shape index (κ1) is 12.8. The largest absolute Gasteiger partial charge is 0.393 e. The topological polar surface area (TPSA) is 88.3 Å². The molecule has 1 saturated carbocycles. The van der Waals surface area contributed by atoms with Crippen LogP contribution in [0, 0.1) is 16.0 Å². The van der Waals surface area contributed by atoms with Crippen molar-refractivity contribution in [3.63, 3.8) is 0 Å². The number of pyridine rings is 1. The molecule has 0 aliphatic heterocycles. The molecule has 0 bridgehead atoms. The normalized spacial score (nSPS) is 23.6. The van der Waals surface area contributed by atoms with E-state index in [1.807, 2.05) is 0 Å². The molecule has 2 rings (SSSR count). The van der Waals surface area contributed by atoms with E-state index in [1.165, 1.54) is 12.4 Å². The van der Waals surface area contributed by atoms with E-state index in [4.69, 9.17) is 0 Å². The van der Waals surface area contributed by atoms with Gasteiger partial charge in [0, 0.05) is 18.7 Å². The molecular formula is C12H17N3O3. The van der Waals surface area contributed by atoms with E-state index in [9.17, 15) is 15.2 Å². The van der Waals surface area contributed by atoms with Crippen LogP contribution in [0.25, 0.3) is 0 Å². The second kappa shape index (κ2) is 5.77. The molecule has 0 amide bonds. The maximum atomic E-state index is 10.8. The predicted molar refractivity (Wildman–Crippen MR) is 67.3 cm³/mol. The van der Waals surface area contributed by atoms with Crippen molar-refractivity contribution in [2.24, 2.45) is 5.92 Å². The molecule has 1 aliphatic rings. The van der Waals surface area contributed by atoms with Gasteiger partial charge in [-0.25, -0.2) is 0 Å². The van der Waals surface area contributed by atoms with E-state index in [1.54, 1.807) is 6.07 Å². The molecule has 6 nitrogen and oxygen atoms in total. The smallest absolute Gasteiger partial charge is 0.310 e. The molecule has 1 fully saturated rings. The van der Waals surface area contributed by atoms with E-state index in [2.05, 4.69) is 10.3 Å². The van der Waals surface area contributed by atoms with Crippen LogP contribution in [0.1, 0.15) is 25.7 Å². The Bertz CT molecular complexity index is 425. The maximum absolute atomic E-state index is 10.8. The maximum Gasteiger partial charge on any atom is 0.310 e. The minimum Gasteiger partial charge on any atom is -0.393 e. The summed E-state index contributed by atoms with van der Waals surface area (Å²) in [7, 11) is 0. The summed E-state index contributed by atoms with van der Waals surface area (Å²) in [6, 6.07) is 1.59. The van der Waals surface area contributed by atoms with Crippen molar-refractivity contribution in [2.75, 3.05) is 11.9 Å². The molecule has 1 aliphatic carbocycles. The number of anilines is 1. The number of nitro groups is 1. The van der Waals surface area contributed by atoms with Gasteiger partial charge >= 0.3 is 5.69 Å². The van der Waals surface area contributed by atoms with Gasteiger partial charge < -0.3 is 10.4 Å². The molecule has 6 heteroatoms. The fourth-order valence-corrected chi connectivity index (χ4v) is 2.35. The van der Waals surface area contributed by atoms with Gasteiger partial charge in [-0.3, -0.25) is 15.1 Å². The summed E-state index contributed by atoms with van der Waals surface area (Å²) in [5, 5.41) is 23.7. The van der Waals surface area contributed by atoms with Crippen molar-refractivity contribution in [1.29, 1.82) is 0 Å². The second-order valence-electron chi connectivity index (χ2n) is 4.64. The Morgan fingerprint density at radius 1 is 1.50 bits per heavy atom. The summed E-state index contributed by atoms with van der Waals surface area (Å²) in [5.41, 5.74) is 0.440. The molecule has 0 spiro atoms. The first-order valence-electron chi connectivity index (χ1n) is 6.19. The van der Waals surface area contributed by atoms with Crippen molar-refractivity contribution in [2.45, 2.75) is 31.8 Å². The number of aliphatic hydroxyl groups excluding tert-OH is 1. The van der Waals surface area contributed by atoms with Crippen LogP contribution in [0.3, 0.4) is 0 Å². The molecule has 1 aromatic heterocycles. The van der Waals surface area contributed by atoms with Crippen LogP contribution in [0.4, 0.5) is 11.4 Å². The van der Waals surface area contributed by atoms with E-state index in [0.717, 1.165) is 25.7 Å². The zero-order valence-electron chi connectivity index (χ0n) is 10.1. The third-order valence-electron chi connectivity index (χ3n) is 3.42. The fourth-order valence-electron chi connectivity index (χ4n) is 2.35. The lowest BCUT2D eigenvalue weighted by molar-refractivity contribution is -0.384. The quantitative estimate of drug-likeness (QED) is 0.630. The molecule has 2 N–H and O–H groups in total. The Hall–Kier alpha value is -1.69. The molecule has 2 atom stereocenters. The first-order valence-corrected chi connectivity index (χ1v) is 6.19. The third kappa shape index (κ3) is 2.95. The van der Waals surface area contributed by atoms with Crippen LogP contribution in [0.5, 0.6) is 0 Å². The van der Waals surface area contributed by atoms with Gasteiger partial charge in [0.05, 0.1) is 11.0 Å². The summed E-state index contributed by atoms with van der Waals surface area (Å²) in [6.07, 6.45) is 6.42. The van der Waals surface area contributed by atoms with E-state index in [-0.39, 0.29) is 17.7 Å². The molecular weight excluding hydrogens is 234 g/mol. The van der Waals surface area contributed by atoms with Gasteiger partial charge in [-0.1, -0.05) is 12.8 Å². The third-order valence-corrected chi connectivity index (χ3v) is 3.42. The minimum absolute atomic E-state index is 0.0252. The van der Waals surface area contributed by atoms with Gasteiger partial charge in [-0.2, -0.15) is 0 Å². The number of aromatic nitrogens is 1. The number of hydrogen-bond donors (Lipinski definition) is 2. The second-order valence-corrected chi connectivity index (χ2v) is 4.64. The Balaban J connectivity index is 1.99. The van der Waals surface area contributed by atoms with Crippen LogP contribution in [-0.4, -0.2) is 27.7 Å². The van der Waals surface area contributed by atoms with Crippen molar-refractivity contribution >= 4 is 11.4 Å². The van der Waals surface area contributed by atoms with Gasteiger partial charge in [0.15, 0.2) is 0 Å². The van der Waals surface area contributed by atoms with Crippen LogP contribution >= 0.6 is 0 Å². The Morgan fingerprint density at radius 2 is 2.28 bits per heavy atom. The van der Waals surface area contributed by atoms with Crippen molar-refractivity contribution in [1.82, 2.24) is 4.98 Å². The average Bonchev–Trinajstić information content (AvgIpc) is 2.38. The van der Waals surface area contributed by atoms with Crippen LogP contribution in [-0.2, 0) is 0 Å². The van der Waals surface area contributed by atoms with Crippen molar-refractivity contribution in [3.8, 4) is 0 Å². The van der Waals surface area contributed by atoms with Gasteiger partial charge in [0.1, 0.15) is 11.9 Å². The van der Waals surface area contributed by atoms with Crippen LogP contribution in [0.15, 0.2) is 18.5 Å². The Kier molecular flexibility index (Phi) is 4.09. The molecule has 18 heavy (non-hydrogen) atoms. The fraction of sp³-hybridized carbons (Fsp3) is 0.583. The zero-order valence-corrected chi connectivity index (χ0v) is 10.1. The standard InChI is InChI=1S/C12H17N3O3/c16-12-4-2-1-3-9(12)7-14-10-5-6-13-8-11(10)15(17)18/h5-6,8-9,12,16H,1-4,7H2,(H,13,14). The summed E-state index contributed by atoms with van der Waals surface area (Å²) in [6.45, 7) is 0.562. The number of rotatable bonds is 4. The first-order chi connectivity index (χ1) is 8.68. The highest BCUT2D eigenvalue weighted by atomic mass is 16.6. The number of nitrogens with zero attached hydrogens (tertiary/aromatic N) is 2. The predicted octanol–water partition coefficient (Wildman–Crippen LogP) is 1.95. The Labute approximate surface area is 105 Å². The lowest BCUT2D eigenvalue weighted by Gasteiger charge is -2.27. The lowest BCUT2D eigenvalue weighted by Crippen LogP contribution is -2.30. The number of hydrogen-bond acceptors (Lipinski definition) is 5. The Morgan fingerprint density at radius 3 is 3.00 bits per heavy atom. The van der Waals surface area contributed by atoms with Gasteiger partial charge in [0.25, 0.3) is 0 Å². The number of nitrogens with one attached hydrogen (secondary N) is 1. The van der Waals surface area contributed by atoms with Crippen LogP contribution in [0.2, 0.25) is 0 Å². The van der Waals surface area contributed by atoms with E-state index >= 15 is 0 Å². The van der Waals surface area contributed by atoms with Gasteiger partial charge in [0.2, 0.25) is 0 Å².